The number of nitrogens with zero attached hydrogens (tertiary/aromatic N) is 3. The Labute approximate surface area is 161 Å². The molecule has 0 atom stereocenters. The summed E-state index contributed by atoms with van der Waals surface area (Å²) >= 11 is 6.06. The minimum Gasteiger partial charge on any atom is -0.357 e. The van der Waals surface area contributed by atoms with E-state index < -0.39 is 0 Å². The SMILES string of the molecule is CCNC(=NCC1(c2ccc(Cl)cc2)CCC1)N1CCN(C(C)=O)CC1. The highest BCUT2D eigenvalue weighted by Crippen LogP contribution is 2.44. The van der Waals surface area contributed by atoms with Crippen molar-refractivity contribution in [3.8, 4) is 0 Å². The van der Waals surface area contributed by atoms with Gasteiger partial charge in [-0.1, -0.05) is 30.2 Å². The van der Waals surface area contributed by atoms with Gasteiger partial charge in [0.05, 0.1) is 6.54 Å². The fraction of sp³-hybridized carbons (Fsp3) is 0.600. The van der Waals surface area contributed by atoms with Crippen LogP contribution in [0.2, 0.25) is 5.02 Å². The zero-order valence-electron chi connectivity index (χ0n) is 15.8. The van der Waals surface area contributed by atoms with Crippen LogP contribution in [0.5, 0.6) is 0 Å². The van der Waals surface area contributed by atoms with Gasteiger partial charge in [-0.05, 0) is 37.5 Å². The summed E-state index contributed by atoms with van der Waals surface area (Å²) in [5.74, 6) is 1.12. The van der Waals surface area contributed by atoms with Gasteiger partial charge in [-0.2, -0.15) is 0 Å². The van der Waals surface area contributed by atoms with Crippen LogP contribution in [-0.4, -0.2) is 60.9 Å². The Kier molecular flexibility index (Phi) is 6.07. The first-order valence-electron chi connectivity index (χ1n) is 9.59. The van der Waals surface area contributed by atoms with Crippen LogP contribution in [0.3, 0.4) is 0 Å². The van der Waals surface area contributed by atoms with Gasteiger partial charge in [-0.3, -0.25) is 9.79 Å². The molecule has 5 nitrogen and oxygen atoms in total. The van der Waals surface area contributed by atoms with E-state index >= 15 is 0 Å². The van der Waals surface area contributed by atoms with E-state index in [1.807, 2.05) is 17.0 Å². The van der Waals surface area contributed by atoms with E-state index in [2.05, 4.69) is 29.3 Å². The monoisotopic (exact) mass is 376 g/mol. The average molecular weight is 377 g/mol. The fourth-order valence-corrected chi connectivity index (χ4v) is 3.96. The molecule has 0 spiro atoms. The van der Waals surface area contributed by atoms with Gasteiger partial charge >= 0.3 is 0 Å². The number of piperazine rings is 1. The molecular formula is C20H29ClN4O. The van der Waals surface area contributed by atoms with Crippen LogP contribution in [0.4, 0.5) is 0 Å². The van der Waals surface area contributed by atoms with Crippen molar-refractivity contribution in [2.75, 3.05) is 39.3 Å². The highest BCUT2D eigenvalue weighted by atomic mass is 35.5. The van der Waals surface area contributed by atoms with E-state index in [9.17, 15) is 4.79 Å². The van der Waals surface area contributed by atoms with Crippen molar-refractivity contribution < 1.29 is 4.79 Å². The third-order valence-electron chi connectivity index (χ3n) is 5.66. The minimum atomic E-state index is 0.145. The molecule has 1 amide bonds. The Morgan fingerprint density at radius 2 is 1.77 bits per heavy atom. The second-order valence-corrected chi connectivity index (χ2v) is 7.74. The van der Waals surface area contributed by atoms with E-state index in [1.165, 1.54) is 24.8 Å². The molecule has 2 fully saturated rings. The van der Waals surface area contributed by atoms with Gasteiger partial charge in [0.25, 0.3) is 0 Å². The smallest absolute Gasteiger partial charge is 0.219 e. The van der Waals surface area contributed by atoms with Gasteiger partial charge in [0.15, 0.2) is 5.96 Å². The molecule has 1 saturated heterocycles. The molecule has 0 aromatic heterocycles. The molecule has 6 heteroatoms. The number of guanidine groups is 1. The highest BCUT2D eigenvalue weighted by Gasteiger charge is 2.38. The first kappa shape index (κ1) is 19.0. The Bertz CT molecular complexity index is 646. The van der Waals surface area contributed by atoms with Crippen molar-refractivity contribution in [3.63, 3.8) is 0 Å². The number of nitrogens with one attached hydrogen (secondary N) is 1. The van der Waals surface area contributed by atoms with Gasteiger partial charge in [0.1, 0.15) is 0 Å². The zero-order chi connectivity index (χ0) is 18.6. The molecular weight excluding hydrogens is 348 g/mol. The summed E-state index contributed by atoms with van der Waals surface area (Å²) in [4.78, 5) is 20.7. The topological polar surface area (TPSA) is 47.9 Å². The van der Waals surface area contributed by atoms with Crippen LogP contribution in [-0.2, 0) is 10.2 Å². The summed E-state index contributed by atoms with van der Waals surface area (Å²) in [5, 5.41) is 4.21. The third-order valence-corrected chi connectivity index (χ3v) is 5.91. The Morgan fingerprint density at radius 3 is 2.27 bits per heavy atom. The van der Waals surface area contributed by atoms with Crippen LogP contribution in [0, 0.1) is 0 Å². The number of aliphatic imine (C=N–C) groups is 1. The largest absolute Gasteiger partial charge is 0.357 e. The van der Waals surface area contributed by atoms with Crippen LogP contribution >= 0.6 is 11.6 Å². The molecule has 1 N–H and O–H groups in total. The van der Waals surface area contributed by atoms with Crippen LogP contribution < -0.4 is 5.32 Å². The number of carbonyl (C=O) groups is 1. The van der Waals surface area contributed by atoms with E-state index in [0.29, 0.717) is 0 Å². The number of amides is 1. The van der Waals surface area contributed by atoms with Crippen molar-refractivity contribution in [2.45, 2.75) is 38.5 Å². The van der Waals surface area contributed by atoms with Crippen molar-refractivity contribution in [3.05, 3.63) is 34.9 Å². The number of hydrogen-bond donors (Lipinski definition) is 1. The predicted molar refractivity (Wildman–Crippen MR) is 107 cm³/mol. The molecule has 1 aromatic carbocycles. The third kappa shape index (κ3) is 4.14. The fourth-order valence-electron chi connectivity index (χ4n) is 3.83. The summed E-state index contributed by atoms with van der Waals surface area (Å²) < 4.78 is 0. The standard InChI is InChI=1S/C20H29ClN4O/c1-3-22-19(25-13-11-24(12-14-25)16(2)26)23-15-20(9-4-10-20)17-5-7-18(21)8-6-17/h5-8H,3-4,9-15H2,1-2H3,(H,22,23). The lowest BCUT2D eigenvalue weighted by Crippen LogP contribution is -2.53. The van der Waals surface area contributed by atoms with Crippen LogP contribution in [0.15, 0.2) is 29.3 Å². The molecule has 1 saturated carbocycles. The number of hydrogen-bond acceptors (Lipinski definition) is 2. The average Bonchev–Trinajstić information content (AvgIpc) is 2.61. The van der Waals surface area contributed by atoms with Crippen LogP contribution in [0.1, 0.15) is 38.7 Å². The van der Waals surface area contributed by atoms with Gasteiger partial charge in [-0.25, -0.2) is 0 Å². The molecule has 2 aliphatic rings. The lowest BCUT2D eigenvalue weighted by Gasteiger charge is -2.42. The molecule has 1 heterocycles. The van der Waals surface area contributed by atoms with Gasteiger partial charge < -0.3 is 15.1 Å². The van der Waals surface area contributed by atoms with Crippen LogP contribution in [0.25, 0.3) is 0 Å². The highest BCUT2D eigenvalue weighted by molar-refractivity contribution is 6.30. The quantitative estimate of drug-likeness (QED) is 0.649. The van der Waals surface area contributed by atoms with E-state index in [1.54, 1.807) is 6.92 Å². The maximum atomic E-state index is 11.5. The summed E-state index contributed by atoms with van der Waals surface area (Å²) in [6.45, 7) is 8.58. The molecule has 0 bridgehead atoms. The number of rotatable bonds is 4. The van der Waals surface area contributed by atoms with Crippen molar-refractivity contribution in [1.82, 2.24) is 15.1 Å². The summed E-state index contributed by atoms with van der Waals surface area (Å²) in [6, 6.07) is 8.25. The number of carbonyl (C=O) groups excluding carboxylic acids is 1. The lowest BCUT2D eigenvalue weighted by atomic mass is 9.64. The predicted octanol–water partition coefficient (Wildman–Crippen LogP) is 2.89. The summed E-state index contributed by atoms with van der Waals surface area (Å²) in [7, 11) is 0. The van der Waals surface area contributed by atoms with E-state index in [0.717, 1.165) is 50.3 Å². The molecule has 26 heavy (non-hydrogen) atoms. The first-order chi connectivity index (χ1) is 12.5. The van der Waals surface area contributed by atoms with Gasteiger partial charge in [-0.15, -0.1) is 0 Å². The minimum absolute atomic E-state index is 0.145. The van der Waals surface area contributed by atoms with E-state index in [4.69, 9.17) is 16.6 Å². The summed E-state index contributed by atoms with van der Waals surface area (Å²) in [5.41, 5.74) is 1.49. The lowest BCUT2D eigenvalue weighted by molar-refractivity contribution is -0.130. The molecule has 3 rings (SSSR count). The number of benzene rings is 1. The molecule has 1 aliphatic carbocycles. The normalized spacial score (nSPS) is 19.9. The van der Waals surface area contributed by atoms with E-state index in [-0.39, 0.29) is 11.3 Å². The maximum absolute atomic E-state index is 11.5. The van der Waals surface area contributed by atoms with Gasteiger partial charge in [0, 0.05) is 50.1 Å². The van der Waals surface area contributed by atoms with Crippen molar-refractivity contribution >= 4 is 23.5 Å². The molecule has 1 aliphatic heterocycles. The second-order valence-electron chi connectivity index (χ2n) is 7.30. The second kappa shape index (κ2) is 8.30. The Morgan fingerprint density at radius 1 is 1.15 bits per heavy atom. The molecule has 1 aromatic rings. The Hall–Kier alpha value is -1.75. The number of halogens is 1. The molecule has 0 unspecified atom stereocenters. The maximum Gasteiger partial charge on any atom is 0.219 e. The Balaban J connectivity index is 1.70. The van der Waals surface area contributed by atoms with Crippen molar-refractivity contribution in [1.29, 1.82) is 0 Å². The first-order valence-corrected chi connectivity index (χ1v) is 9.97. The summed E-state index contributed by atoms with van der Waals surface area (Å²) in [6.07, 6.45) is 3.61. The van der Waals surface area contributed by atoms with Gasteiger partial charge in [0.2, 0.25) is 5.91 Å². The molecule has 142 valence electrons. The molecule has 0 radical (unpaired) electrons. The van der Waals surface area contributed by atoms with Crippen molar-refractivity contribution in [2.24, 2.45) is 4.99 Å². The zero-order valence-corrected chi connectivity index (χ0v) is 16.6.